The molecule has 2 heterocycles. The molecule has 1 saturated carbocycles. The molecule has 3 aliphatic rings. The summed E-state index contributed by atoms with van der Waals surface area (Å²) in [4.78, 5) is 12.6. The zero-order valence-electron chi connectivity index (χ0n) is 18.6. The lowest BCUT2D eigenvalue weighted by Gasteiger charge is -2.44. The van der Waals surface area contributed by atoms with Crippen molar-refractivity contribution in [3.8, 4) is 0 Å². The molecule has 0 aromatic heterocycles. The predicted molar refractivity (Wildman–Crippen MR) is 116 cm³/mol. The number of rotatable bonds is 6. The maximum absolute atomic E-state index is 12.6. The van der Waals surface area contributed by atoms with Gasteiger partial charge in [0.1, 0.15) is 30.0 Å². The highest BCUT2D eigenvalue weighted by molar-refractivity contribution is 5.87. The van der Waals surface area contributed by atoms with Crippen molar-refractivity contribution in [2.24, 2.45) is 11.8 Å². The van der Waals surface area contributed by atoms with Gasteiger partial charge in [0.05, 0.1) is 24.9 Å². The minimum absolute atomic E-state index is 0.121. The quantitative estimate of drug-likeness (QED) is 0.271. The van der Waals surface area contributed by atoms with E-state index in [2.05, 4.69) is 0 Å². The molecular formula is C24H30O10. The largest absolute Gasteiger partial charge is 0.472 e. The standard InChI is InChI=1S/C24H30O10/c1-24(34-17(27)8-7-13-5-3-2-4-6-13)11-15(26)14-9-10-31-22(18(14)24)33-23-21(30)20(29)19(28)16(12-25)32-23/h2-10,14-16,18-23,25-26,28-30H,11-12H2,1H3/b8-7+/t14-,15+,16+,18+,19+,20-,21+,22-,23-,24-/m0/s1. The first-order chi connectivity index (χ1) is 16.2. The molecule has 0 unspecified atom stereocenters. The second-order valence-corrected chi connectivity index (χ2v) is 9.02. The van der Waals surface area contributed by atoms with Crippen molar-refractivity contribution in [3.05, 3.63) is 54.3 Å². The third-order valence-corrected chi connectivity index (χ3v) is 6.65. The lowest BCUT2D eigenvalue weighted by molar-refractivity contribution is -0.346. The fraction of sp³-hybridized carbons (Fsp3) is 0.542. The second-order valence-electron chi connectivity index (χ2n) is 9.02. The lowest BCUT2D eigenvalue weighted by atomic mass is 9.84. The lowest BCUT2D eigenvalue weighted by Crippen LogP contribution is -2.60. The molecule has 4 rings (SSSR count). The van der Waals surface area contributed by atoms with Crippen LogP contribution >= 0.6 is 0 Å². The van der Waals surface area contributed by atoms with E-state index in [-0.39, 0.29) is 6.42 Å². The number of fused-ring (bicyclic) bond motifs is 1. The van der Waals surface area contributed by atoms with Gasteiger partial charge in [-0.1, -0.05) is 30.3 Å². The highest BCUT2D eigenvalue weighted by Crippen LogP contribution is 2.49. The number of esters is 1. The average molecular weight is 478 g/mol. The molecule has 0 bridgehead atoms. The van der Waals surface area contributed by atoms with Crippen LogP contribution in [-0.4, -0.2) is 86.8 Å². The summed E-state index contributed by atoms with van der Waals surface area (Å²) in [6.07, 6.45) is -3.29. The van der Waals surface area contributed by atoms with E-state index in [1.807, 2.05) is 30.3 Å². The summed E-state index contributed by atoms with van der Waals surface area (Å²) in [7, 11) is 0. The number of ether oxygens (including phenoxy) is 4. The third kappa shape index (κ3) is 4.89. The first kappa shape index (κ1) is 24.8. The first-order valence-electron chi connectivity index (χ1n) is 11.2. The molecule has 0 amide bonds. The minimum atomic E-state index is -1.63. The van der Waals surface area contributed by atoms with Gasteiger partial charge in [-0.3, -0.25) is 0 Å². The van der Waals surface area contributed by atoms with Gasteiger partial charge in [-0.15, -0.1) is 0 Å². The van der Waals surface area contributed by atoms with E-state index in [4.69, 9.17) is 18.9 Å². The van der Waals surface area contributed by atoms with Gasteiger partial charge in [0.15, 0.2) is 6.29 Å². The fourth-order valence-corrected chi connectivity index (χ4v) is 4.88. The van der Waals surface area contributed by atoms with Gasteiger partial charge in [-0.2, -0.15) is 0 Å². The molecule has 2 aliphatic heterocycles. The van der Waals surface area contributed by atoms with Crippen LogP contribution in [0, 0.1) is 11.8 Å². The second kappa shape index (κ2) is 10.1. The maximum Gasteiger partial charge on any atom is 0.331 e. The maximum atomic E-state index is 12.6. The molecule has 1 saturated heterocycles. The highest BCUT2D eigenvalue weighted by atomic mass is 16.8. The molecule has 1 aromatic rings. The van der Waals surface area contributed by atoms with Crippen molar-refractivity contribution in [1.82, 2.24) is 0 Å². The fourth-order valence-electron chi connectivity index (χ4n) is 4.88. The van der Waals surface area contributed by atoms with Crippen LogP contribution in [0.25, 0.3) is 6.08 Å². The predicted octanol–water partition coefficient (Wildman–Crippen LogP) is -0.315. The van der Waals surface area contributed by atoms with Crippen LogP contribution in [0.4, 0.5) is 0 Å². The van der Waals surface area contributed by atoms with E-state index in [1.54, 1.807) is 19.1 Å². The molecule has 0 spiro atoms. The number of hydrogen-bond donors (Lipinski definition) is 5. The van der Waals surface area contributed by atoms with Crippen molar-refractivity contribution in [1.29, 1.82) is 0 Å². The Morgan fingerprint density at radius 3 is 2.56 bits per heavy atom. The van der Waals surface area contributed by atoms with Gasteiger partial charge in [-0.05, 0) is 24.6 Å². The molecule has 1 aliphatic carbocycles. The molecule has 1 aromatic carbocycles. The zero-order valence-corrected chi connectivity index (χ0v) is 18.6. The summed E-state index contributed by atoms with van der Waals surface area (Å²) in [6, 6.07) is 9.23. The summed E-state index contributed by atoms with van der Waals surface area (Å²) < 4.78 is 22.6. The summed E-state index contributed by atoms with van der Waals surface area (Å²) in [6.45, 7) is 1.06. The molecule has 34 heavy (non-hydrogen) atoms. The summed E-state index contributed by atoms with van der Waals surface area (Å²) in [5.74, 6) is -1.76. The van der Waals surface area contributed by atoms with Crippen LogP contribution in [0.2, 0.25) is 0 Å². The third-order valence-electron chi connectivity index (χ3n) is 6.65. The minimum Gasteiger partial charge on any atom is -0.472 e. The van der Waals surface area contributed by atoms with E-state index < -0.39 is 73.1 Å². The van der Waals surface area contributed by atoms with Crippen molar-refractivity contribution in [2.45, 2.75) is 62.0 Å². The summed E-state index contributed by atoms with van der Waals surface area (Å²) in [5, 5.41) is 50.5. The molecule has 10 heteroatoms. The SMILES string of the molecule is C[C@]1(OC(=O)/C=C/c2ccccc2)C[C@@H](O)[C@@H]2C=CO[C@@H](O[C@@H]3O[C@H](CO)[C@@H](O)[C@H](O)[C@H]3O)[C@@H]21. The van der Waals surface area contributed by atoms with E-state index in [0.29, 0.717) is 0 Å². The van der Waals surface area contributed by atoms with E-state index in [1.165, 1.54) is 12.3 Å². The van der Waals surface area contributed by atoms with E-state index in [9.17, 15) is 30.3 Å². The van der Waals surface area contributed by atoms with Crippen LogP contribution in [0.15, 0.2) is 48.7 Å². The molecule has 0 radical (unpaired) electrons. The van der Waals surface area contributed by atoms with Crippen LogP contribution in [0.3, 0.4) is 0 Å². The van der Waals surface area contributed by atoms with E-state index in [0.717, 1.165) is 5.56 Å². The van der Waals surface area contributed by atoms with Crippen molar-refractivity contribution < 1.29 is 49.3 Å². The normalized spacial score (nSPS) is 41.8. The van der Waals surface area contributed by atoms with Gasteiger partial charge in [-0.25, -0.2) is 4.79 Å². The number of carbonyl (C=O) groups excluding carboxylic acids is 1. The van der Waals surface area contributed by atoms with Gasteiger partial charge in [0.2, 0.25) is 6.29 Å². The first-order valence-corrected chi connectivity index (χ1v) is 11.2. The van der Waals surface area contributed by atoms with Gasteiger partial charge in [0.25, 0.3) is 0 Å². The highest BCUT2D eigenvalue weighted by Gasteiger charge is 2.59. The van der Waals surface area contributed by atoms with E-state index >= 15 is 0 Å². The number of benzene rings is 1. The summed E-state index contributed by atoms with van der Waals surface area (Å²) in [5.41, 5.74) is -0.368. The summed E-state index contributed by atoms with van der Waals surface area (Å²) >= 11 is 0. The number of carbonyl (C=O) groups is 1. The van der Waals surface area contributed by atoms with Crippen molar-refractivity contribution in [3.63, 3.8) is 0 Å². The Morgan fingerprint density at radius 1 is 1.12 bits per heavy atom. The molecular weight excluding hydrogens is 448 g/mol. The Bertz CT molecular complexity index is 902. The number of hydrogen-bond acceptors (Lipinski definition) is 10. The molecule has 10 nitrogen and oxygen atoms in total. The van der Waals surface area contributed by atoms with Crippen molar-refractivity contribution >= 4 is 12.0 Å². The van der Waals surface area contributed by atoms with Crippen LogP contribution in [0.1, 0.15) is 18.9 Å². The number of aliphatic hydroxyl groups excluding tert-OH is 5. The Kier molecular flexibility index (Phi) is 7.39. The Labute approximate surface area is 196 Å². The number of aliphatic hydroxyl groups is 5. The van der Waals surface area contributed by atoms with Gasteiger partial charge in [0, 0.05) is 18.4 Å². The molecule has 2 fully saturated rings. The molecule has 10 atom stereocenters. The Balaban J connectivity index is 1.50. The Hall–Kier alpha value is -2.31. The Morgan fingerprint density at radius 2 is 1.85 bits per heavy atom. The van der Waals surface area contributed by atoms with Crippen molar-refractivity contribution in [2.75, 3.05) is 6.61 Å². The van der Waals surface area contributed by atoms with Gasteiger partial charge < -0.3 is 44.5 Å². The molecule has 5 N–H and O–H groups in total. The smallest absolute Gasteiger partial charge is 0.331 e. The van der Waals surface area contributed by atoms with Gasteiger partial charge >= 0.3 is 5.97 Å². The average Bonchev–Trinajstić information content (AvgIpc) is 3.09. The van der Waals surface area contributed by atoms with Crippen LogP contribution in [0.5, 0.6) is 0 Å². The monoisotopic (exact) mass is 478 g/mol. The topological polar surface area (TPSA) is 155 Å². The molecule has 186 valence electrons. The van der Waals surface area contributed by atoms with Crippen LogP contribution in [-0.2, 0) is 23.7 Å². The van der Waals surface area contributed by atoms with Crippen LogP contribution < -0.4 is 0 Å². The zero-order chi connectivity index (χ0) is 24.5.